The van der Waals surface area contributed by atoms with Crippen LogP contribution in [-0.2, 0) is 11.8 Å². The number of ether oxygens (including phenoxy) is 2. The highest BCUT2D eigenvalue weighted by atomic mass is 16.5. The molecule has 4 atom stereocenters. The number of benzene rings is 1. The van der Waals surface area contributed by atoms with Crippen LogP contribution in [0, 0.1) is 0 Å². The number of methoxy groups -OCH3 is 1. The number of amides is 1. The predicted molar refractivity (Wildman–Crippen MR) is 97.4 cm³/mol. The normalized spacial score (nSPS) is 28.0. The van der Waals surface area contributed by atoms with E-state index in [-0.39, 0.29) is 18.7 Å². The van der Waals surface area contributed by atoms with E-state index in [1.54, 1.807) is 31.8 Å². The Labute approximate surface area is 157 Å². The van der Waals surface area contributed by atoms with Gasteiger partial charge >= 0.3 is 0 Å². The summed E-state index contributed by atoms with van der Waals surface area (Å²) in [5.41, 5.74) is -0.446. The lowest BCUT2D eigenvalue weighted by Crippen LogP contribution is -2.59. The maximum Gasteiger partial charge on any atom is 0.271 e. The van der Waals surface area contributed by atoms with Crippen molar-refractivity contribution < 1.29 is 24.5 Å². The average molecular weight is 375 g/mol. The van der Waals surface area contributed by atoms with Crippen LogP contribution in [0.3, 0.4) is 0 Å². The minimum atomic E-state index is -1.53. The van der Waals surface area contributed by atoms with Crippen LogP contribution in [-0.4, -0.2) is 57.1 Å². The van der Waals surface area contributed by atoms with E-state index < -0.39 is 29.8 Å². The third kappa shape index (κ3) is 4.13. The van der Waals surface area contributed by atoms with E-state index in [2.05, 4.69) is 10.3 Å². The molecule has 27 heavy (non-hydrogen) atoms. The molecule has 3 rings (SSSR count). The first kappa shape index (κ1) is 19.3. The Balaban J connectivity index is 1.74. The fraction of sp³-hybridized carbons (Fsp3) is 0.474. The van der Waals surface area contributed by atoms with Gasteiger partial charge < -0.3 is 29.6 Å². The van der Waals surface area contributed by atoms with Crippen LogP contribution >= 0.6 is 0 Å². The molecule has 146 valence electrons. The SMILES string of the molecule is COc1cccc([C@H]2C[C@@](O)(CNC(=O)c3cn(C)cn3)[C@H](O)[C@@H](C)O2)c1. The molecule has 2 heterocycles. The van der Waals surface area contributed by atoms with E-state index in [0.29, 0.717) is 5.75 Å². The Morgan fingerprint density at radius 3 is 2.96 bits per heavy atom. The fourth-order valence-electron chi connectivity index (χ4n) is 3.33. The molecular formula is C19H25N3O5. The van der Waals surface area contributed by atoms with Gasteiger partial charge in [0.25, 0.3) is 5.91 Å². The van der Waals surface area contributed by atoms with Gasteiger partial charge in [0, 0.05) is 26.2 Å². The highest BCUT2D eigenvalue weighted by Gasteiger charge is 2.47. The number of rotatable bonds is 5. The number of aromatic nitrogens is 2. The van der Waals surface area contributed by atoms with Crippen molar-refractivity contribution in [2.75, 3.05) is 13.7 Å². The molecule has 1 aliphatic heterocycles. The minimum Gasteiger partial charge on any atom is -0.497 e. The average Bonchev–Trinajstić information content (AvgIpc) is 3.10. The highest BCUT2D eigenvalue weighted by molar-refractivity contribution is 5.92. The van der Waals surface area contributed by atoms with Gasteiger partial charge in [0.2, 0.25) is 0 Å². The first-order valence-corrected chi connectivity index (χ1v) is 8.78. The van der Waals surface area contributed by atoms with Crippen molar-refractivity contribution in [2.24, 2.45) is 7.05 Å². The van der Waals surface area contributed by atoms with E-state index in [9.17, 15) is 15.0 Å². The third-order valence-electron chi connectivity index (χ3n) is 4.87. The molecule has 1 fully saturated rings. The Bertz CT molecular complexity index is 808. The number of aliphatic hydroxyl groups is 2. The molecule has 1 aromatic carbocycles. The summed E-state index contributed by atoms with van der Waals surface area (Å²) in [6.07, 6.45) is 1.06. The molecule has 2 aromatic rings. The molecule has 0 unspecified atom stereocenters. The lowest BCUT2D eigenvalue weighted by molar-refractivity contribution is -0.210. The van der Waals surface area contributed by atoms with Gasteiger partial charge in [-0.1, -0.05) is 12.1 Å². The summed E-state index contributed by atoms with van der Waals surface area (Å²) in [5.74, 6) is 0.273. The second-order valence-corrected chi connectivity index (χ2v) is 6.97. The Morgan fingerprint density at radius 1 is 1.52 bits per heavy atom. The lowest BCUT2D eigenvalue weighted by Gasteiger charge is -2.44. The molecule has 0 spiro atoms. The number of carbonyl (C=O) groups excluding carboxylic acids is 1. The van der Waals surface area contributed by atoms with E-state index in [0.717, 1.165) is 5.56 Å². The molecule has 8 heteroatoms. The maximum atomic E-state index is 12.2. The topological polar surface area (TPSA) is 106 Å². The number of nitrogens with zero attached hydrogens (tertiary/aromatic N) is 2. The van der Waals surface area contributed by atoms with Crippen LogP contribution in [0.25, 0.3) is 0 Å². The molecule has 1 aromatic heterocycles. The summed E-state index contributed by atoms with van der Waals surface area (Å²) in [6, 6.07) is 7.38. The van der Waals surface area contributed by atoms with Crippen LogP contribution in [0.1, 0.15) is 35.5 Å². The maximum absolute atomic E-state index is 12.2. The first-order chi connectivity index (χ1) is 12.8. The zero-order valence-electron chi connectivity index (χ0n) is 15.6. The second-order valence-electron chi connectivity index (χ2n) is 6.97. The van der Waals surface area contributed by atoms with Crippen molar-refractivity contribution in [3.05, 3.63) is 48.0 Å². The summed E-state index contributed by atoms with van der Waals surface area (Å²) in [4.78, 5) is 16.2. The summed E-state index contributed by atoms with van der Waals surface area (Å²) >= 11 is 0. The zero-order chi connectivity index (χ0) is 19.6. The number of aliphatic hydroxyl groups excluding tert-OH is 1. The quantitative estimate of drug-likeness (QED) is 0.714. The van der Waals surface area contributed by atoms with Gasteiger partial charge in [0.1, 0.15) is 23.1 Å². The van der Waals surface area contributed by atoms with Gasteiger partial charge in [0.15, 0.2) is 0 Å². The van der Waals surface area contributed by atoms with Crippen molar-refractivity contribution in [2.45, 2.75) is 37.3 Å². The van der Waals surface area contributed by atoms with Crippen molar-refractivity contribution in [3.8, 4) is 5.75 Å². The van der Waals surface area contributed by atoms with Crippen LogP contribution < -0.4 is 10.1 Å². The highest BCUT2D eigenvalue weighted by Crippen LogP contribution is 2.38. The van der Waals surface area contributed by atoms with Crippen LogP contribution in [0.15, 0.2) is 36.8 Å². The summed E-state index contributed by atoms with van der Waals surface area (Å²) < 4.78 is 12.8. The summed E-state index contributed by atoms with van der Waals surface area (Å²) in [5, 5.41) is 24.2. The van der Waals surface area contributed by atoms with Crippen molar-refractivity contribution in [1.82, 2.24) is 14.9 Å². The van der Waals surface area contributed by atoms with Crippen LogP contribution in [0.2, 0.25) is 0 Å². The van der Waals surface area contributed by atoms with E-state index in [1.165, 1.54) is 6.33 Å². The van der Waals surface area contributed by atoms with Gasteiger partial charge in [-0.3, -0.25) is 4.79 Å². The number of carbonyl (C=O) groups is 1. The van der Waals surface area contributed by atoms with Crippen molar-refractivity contribution in [3.63, 3.8) is 0 Å². The lowest BCUT2D eigenvalue weighted by atomic mass is 9.82. The first-order valence-electron chi connectivity index (χ1n) is 8.78. The number of hydrogen-bond donors (Lipinski definition) is 3. The van der Waals surface area contributed by atoms with Crippen LogP contribution in [0.4, 0.5) is 0 Å². The summed E-state index contributed by atoms with van der Waals surface area (Å²) in [7, 11) is 3.34. The molecule has 8 nitrogen and oxygen atoms in total. The number of aryl methyl sites for hydroxylation is 1. The number of imidazole rings is 1. The van der Waals surface area contributed by atoms with Gasteiger partial charge in [0.05, 0.1) is 25.6 Å². The standard InChI is InChI=1S/C19H25N3O5/c1-12-17(23)19(25,10-20-18(24)15-9-22(2)11-21-15)8-16(27-12)13-5-4-6-14(7-13)26-3/h4-7,9,11-12,16-17,23,25H,8,10H2,1-3H3,(H,20,24)/t12-,16-,17-,19-/m1/s1. The van der Waals surface area contributed by atoms with Crippen LogP contribution in [0.5, 0.6) is 5.75 Å². The molecule has 1 saturated heterocycles. The smallest absolute Gasteiger partial charge is 0.271 e. The Hall–Kier alpha value is -2.42. The molecule has 1 amide bonds. The van der Waals surface area contributed by atoms with Gasteiger partial charge in [-0.05, 0) is 24.6 Å². The molecule has 0 saturated carbocycles. The zero-order valence-corrected chi connectivity index (χ0v) is 15.6. The number of nitrogens with one attached hydrogen (secondary N) is 1. The van der Waals surface area contributed by atoms with E-state index >= 15 is 0 Å². The molecule has 3 N–H and O–H groups in total. The second kappa shape index (κ2) is 7.67. The fourth-order valence-corrected chi connectivity index (χ4v) is 3.33. The summed E-state index contributed by atoms with van der Waals surface area (Å²) in [6.45, 7) is 1.58. The van der Waals surface area contributed by atoms with E-state index in [4.69, 9.17) is 9.47 Å². The van der Waals surface area contributed by atoms with Gasteiger partial charge in [-0.15, -0.1) is 0 Å². The van der Waals surface area contributed by atoms with E-state index in [1.807, 2.05) is 24.3 Å². The molecule has 0 aliphatic carbocycles. The van der Waals surface area contributed by atoms with Crippen molar-refractivity contribution >= 4 is 5.91 Å². The molecular weight excluding hydrogens is 350 g/mol. The Morgan fingerprint density at radius 2 is 2.30 bits per heavy atom. The molecule has 0 bridgehead atoms. The van der Waals surface area contributed by atoms with Crippen molar-refractivity contribution in [1.29, 1.82) is 0 Å². The van der Waals surface area contributed by atoms with Gasteiger partial charge in [-0.2, -0.15) is 0 Å². The Kier molecular flexibility index (Phi) is 5.50. The number of hydrogen-bond acceptors (Lipinski definition) is 6. The predicted octanol–water partition coefficient (Wildman–Crippen LogP) is 0.801. The largest absolute Gasteiger partial charge is 0.497 e. The third-order valence-corrected chi connectivity index (χ3v) is 4.87. The monoisotopic (exact) mass is 375 g/mol. The minimum absolute atomic E-state index is 0.113. The van der Waals surface area contributed by atoms with Gasteiger partial charge in [-0.25, -0.2) is 4.98 Å². The molecule has 0 radical (unpaired) electrons. The molecule has 1 aliphatic rings.